The van der Waals surface area contributed by atoms with Gasteiger partial charge in [-0.15, -0.1) is 0 Å². The number of rotatable bonds is 3. The zero-order chi connectivity index (χ0) is 12.3. The fraction of sp³-hybridized carbons (Fsp3) is 0.923. The predicted molar refractivity (Wildman–Crippen MR) is 64.7 cm³/mol. The van der Waals surface area contributed by atoms with Gasteiger partial charge >= 0.3 is 5.97 Å². The Kier molecular flexibility index (Phi) is 4.40. The summed E-state index contributed by atoms with van der Waals surface area (Å²) in [6, 6.07) is 0.254. The monoisotopic (exact) mass is 241 g/mol. The molecule has 1 aliphatic heterocycles. The first-order chi connectivity index (χ1) is 8.20. The highest BCUT2D eigenvalue weighted by Gasteiger charge is 2.33. The van der Waals surface area contributed by atoms with E-state index < -0.39 is 0 Å². The molecule has 4 nitrogen and oxygen atoms in total. The highest BCUT2D eigenvalue weighted by molar-refractivity contribution is 5.73. The van der Waals surface area contributed by atoms with Crippen molar-refractivity contribution < 1.29 is 14.3 Å². The third-order valence-electron chi connectivity index (χ3n) is 4.02. The van der Waals surface area contributed by atoms with Crippen LogP contribution in [-0.2, 0) is 14.3 Å². The van der Waals surface area contributed by atoms with E-state index in [0.717, 1.165) is 38.6 Å². The van der Waals surface area contributed by atoms with Crippen molar-refractivity contribution in [2.75, 3.05) is 13.7 Å². The second-order valence-electron chi connectivity index (χ2n) is 5.22. The SMILES string of the molecule is COC1CCCC(OC(=O)C2CCNC2C)C1. The van der Waals surface area contributed by atoms with Crippen LogP contribution in [0.25, 0.3) is 0 Å². The molecule has 0 aromatic carbocycles. The van der Waals surface area contributed by atoms with Gasteiger partial charge in [0.2, 0.25) is 0 Å². The summed E-state index contributed by atoms with van der Waals surface area (Å²) in [5.74, 6) is 0.0159. The summed E-state index contributed by atoms with van der Waals surface area (Å²) in [5.41, 5.74) is 0. The molecule has 2 rings (SSSR count). The molecule has 1 heterocycles. The normalized spacial score (nSPS) is 38.0. The van der Waals surface area contributed by atoms with Gasteiger partial charge < -0.3 is 14.8 Å². The van der Waals surface area contributed by atoms with Gasteiger partial charge in [0, 0.05) is 19.6 Å². The molecule has 98 valence electrons. The Morgan fingerprint density at radius 2 is 2.00 bits per heavy atom. The lowest BCUT2D eigenvalue weighted by Gasteiger charge is -2.29. The van der Waals surface area contributed by atoms with Gasteiger partial charge in [-0.3, -0.25) is 4.79 Å². The second kappa shape index (κ2) is 5.83. The first kappa shape index (κ1) is 12.8. The maximum Gasteiger partial charge on any atom is 0.310 e. The first-order valence-corrected chi connectivity index (χ1v) is 6.67. The number of carbonyl (C=O) groups is 1. The quantitative estimate of drug-likeness (QED) is 0.760. The van der Waals surface area contributed by atoms with Gasteiger partial charge in [0.25, 0.3) is 0 Å². The van der Waals surface area contributed by atoms with Crippen molar-refractivity contribution in [3.05, 3.63) is 0 Å². The lowest BCUT2D eigenvalue weighted by Crippen LogP contribution is -2.34. The maximum absolute atomic E-state index is 12.0. The van der Waals surface area contributed by atoms with Gasteiger partial charge in [0.05, 0.1) is 12.0 Å². The van der Waals surface area contributed by atoms with Gasteiger partial charge in [-0.2, -0.15) is 0 Å². The Balaban J connectivity index is 1.81. The van der Waals surface area contributed by atoms with Gasteiger partial charge in [-0.1, -0.05) is 0 Å². The van der Waals surface area contributed by atoms with Crippen molar-refractivity contribution in [2.45, 2.75) is 57.3 Å². The molecular weight excluding hydrogens is 218 g/mol. The summed E-state index contributed by atoms with van der Waals surface area (Å²) in [6.45, 7) is 2.98. The molecule has 17 heavy (non-hydrogen) atoms. The van der Waals surface area contributed by atoms with Gasteiger partial charge in [0.1, 0.15) is 6.10 Å². The van der Waals surface area contributed by atoms with E-state index in [1.54, 1.807) is 7.11 Å². The number of nitrogens with one attached hydrogen (secondary N) is 1. The van der Waals surface area contributed by atoms with E-state index in [2.05, 4.69) is 12.2 Å². The minimum absolute atomic E-state index is 0.0238. The van der Waals surface area contributed by atoms with Crippen LogP contribution in [0.3, 0.4) is 0 Å². The molecule has 0 radical (unpaired) electrons. The lowest BCUT2D eigenvalue weighted by atomic mass is 9.94. The zero-order valence-electron chi connectivity index (χ0n) is 10.8. The number of carbonyl (C=O) groups excluding carboxylic acids is 1. The molecule has 0 bridgehead atoms. The van der Waals surface area contributed by atoms with Gasteiger partial charge in [-0.05, 0) is 39.2 Å². The summed E-state index contributed by atoms with van der Waals surface area (Å²) in [4.78, 5) is 12.0. The summed E-state index contributed by atoms with van der Waals surface area (Å²) in [7, 11) is 1.73. The number of esters is 1. The van der Waals surface area contributed by atoms with Crippen molar-refractivity contribution in [2.24, 2.45) is 5.92 Å². The molecule has 0 aromatic rings. The molecule has 4 atom stereocenters. The van der Waals surface area contributed by atoms with Crippen LogP contribution in [0, 0.1) is 5.92 Å². The zero-order valence-corrected chi connectivity index (χ0v) is 10.8. The Morgan fingerprint density at radius 3 is 2.65 bits per heavy atom. The summed E-state index contributed by atoms with van der Waals surface area (Å²) in [6.07, 6.45) is 5.26. The van der Waals surface area contributed by atoms with Crippen LogP contribution in [-0.4, -0.2) is 37.9 Å². The predicted octanol–water partition coefficient (Wildman–Crippen LogP) is 1.49. The molecule has 4 unspecified atom stereocenters. The summed E-state index contributed by atoms with van der Waals surface area (Å²) < 4.78 is 11.0. The Bertz CT molecular complexity index is 269. The summed E-state index contributed by atoms with van der Waals surface area (Å²) in [5, 5.41) is 3.28. The van der Waals surface area contributed by atoms with Crippen LogP contribution >= 0.6 is 0 Å². The van der Waals surface area contributed by atoms with Crippen molar-refractivity contribution in [3.63, 3.8) is 0 Å². The molecule has 2 fully saturated rings. The van der Waals surface area contributed by atoms with E-state index in [1.807, 2.05) is 0 Å². The smallest absolute Gasteiger partial charge is 0.310 e. The second-order valence-corrected chi connectivity index (χ2v) is 5.22. The van der Waals surface area contributed by atoms with Crippen LogP contribution in [0.4, 0.5) is 0 Å². The van der Waals surface area contributed by atoms with Crippen LogP contribution in [0.15, 0.2) is 0 Å². The molecule has 0 amide bonds. The molecule has 1 aliphatic carbocycles. The molecule has 0 aromatic heterocycles. The van der Waals surface area contributed by atoms with Crippen molar-refractivity contribution in [3.8, 4) is 0 Å². The topological polar surface area (TPSA) is 47.6 Å². The molecule has 4 heteroatoms. The van der Waals surface area contributed by atoms with E-state index >= 15 is 0 Å². The number of hydrogen-bond acceptors (Lipinski definition) is 4. The van der Waals surface area contributed by atoms with Crippen molar-refractivity contribution in [1.29, 1.82) is 0 Å². The Morgan fingerprint density at radius 1 is 1.24 bits per heavy atom. The van der Waals surface area contributed by atoms with Gasteiger partial charge in [-0.25, -0.2) is 0 Å². The molecule has 1 saturated heterocycles. The molecule has 2 aliphatic rings. The molecule has 1 N–H and O–H groups in total. The highest BCUT2D eigenvalue weighted by atomic mass is 16.5. The van der Waals surface area contributed by atoms with E-state index in [1.165, 1.54) is 0 Å². The van der Waals surface area contributed by atoms with E-state index in [4.69, 9.17) is 9.47 Å². The van der Waals surface area contributed by atoms with Crippen molar-refractivity contribution >= 4 is 5.97 Å². The third kappa shape index (κ3) is 3.19. The van der Waals surface area contributed by atoms with E-state index in [9.17, 15) is 4.79 Å². The van der Waals surface area contributed by atoms with Crippen LogP contribution in [0.1, 0.15) is 39.0 Å². The van der Waals surface area contributed by atoms with Crippen molar-refractivity contribution in [1.82, 2.24) is 5.32 Å². The van der Waals surface area contributed by atoms with Crippen LogP contribution < -0.4 is 5.32 Å². The average molecular weight is 241 g/mol. The number of methoxy groups -OCH3 is 1. The largest absolute Gasteiger partial charge is 0.462 e. The first-order valence-electron chi connectivity index (χ1n) is 6.67. The standard InChI is InChI=1S/C13H23NO3/c1-9-12(6-7-14-9)13(15)17-11-5-3-4-10(8-11)16-2/h9-12,14H,3-8H2,1-2H3. The Hall–Kier alpha value is -0.610. The lowest BCUT2D eigenvalue weighted by molar-refractivity contribution is -0.157. The van der Waals surface area contributed by atoms with Crippen LogP contribution in [0.5, 0.6) is 0 Å². The molecule has 1 saturated carbocycles. The third-order valence-corrected chi connectivity index (χ3v) is 4.02. The maximum atomic E-state index is 12.0. The number of ether oxygens (including phenoxy) is 2. The fourth-order valence-corrected chi connectivity index (χ4v) is 2.86. The minimum Gasteiger partial charge on any atom is -0.462 e. The minimum atomic E-state index is -0.0238. The van der Waals surface area contributed by atoms with E-state index in [0.29, 0.717) is 0 Å². The Labute approximate surface area is 103 Å². The average Bonchev–Trinajstić information content (AvgIpc) is 2.76. The fourth-order valence-electron chi connectivity index (χ4n) is 2.86. The van der Waals surface area contributed by atoms with Gasteiger partial charge in [0.15, 0.2) is 0 Å². The van der Waals surface area contributed by atoms with Crippen LogP contribution in [0.2, 0.25) is 0 Å². The molecular formula is C13H23NO3. The van der Waals surface area contributed by atoms with E-state index in [-0.39, 0.29) is 30.1 Å². The highest BCUT2D eigenvalue weighted by Crippen LogP contribution is 2.25. The summed E-state index contributed by atoms with van der Waals surface area (Å²) >= 11 is 0. The number of hydrogen-bond donors (Lipinski definition) is 1. The molecule has 0 spiro atoms.